The van der Waals surface area contributed by atoms with Gasteiger partial charge in [0.1, 0.15) is 5.82 Å². The number of hydrogen-bond donors (Lipinski definition) is 1. The van der Waals surface area contributed by atoms with E-state index in [1.54, 1.807) is 0 Å². The van der Waals surface area contributed by atoms with Crippen LogP contribution in [0.4, 0.5) is 5.95 Å². The predicted molar refractivity (Wildman–Crippen MR) is 65.1 cm³/mol. The molecule has 2 fully saturated rings. The van der Waals surface area contributed by atoms with Crippen molar-refractivity contribution < 1.29 is 4.74 Å². The number of H-pyrrole nitrogens is 1. The SMILES string of the molecule is CC(C)c1nc(N2CCC(C3CO3)CC2)n[nH]1. The van der Waals surface area contributed by atoms with Crippen LogP contribution in [0.25, 0.3) is 0 Å². The maximum atomic E-state index is 5.37. The third kappa shape index (κ3) is 2.29. The summed E-state index contributed by atoms with van der Waals surface area (Å²) in [5.41, 5.74) is 0. The van der Waals surface area contributed by atoms with E-state index in [1.807, 2.05) is 0 Å². The smallest absolute Gasteiger partial charge is 0.244 e. The molecule has 2 aliphatic heterocycles. The molecule has 2 aliphatic rings. The molecule has 1 aromatic rings. The molecule has 2 saturated heterocycles. The van der Waals surface area contributed by atoms with E-state index in [2.05, 4.69) is 33.9 Å². The van der Waals surface area contributed by atoms with Gasteiger partial charge < -0.3 is 9.64 Å². The van der Waals surface area contributed by atoms with Crippen molar-refractivity contribution in [2.75, 3.05) is 24.6 Å². The van der Waals surface area contributed by atoms with Crippen LogP contribution in [-0.2, 0) is 4.74 Å². The molecule has 0 saturated carbocycles. The molecule has 94 valence electrons. The normalized spacial score (nSPS) is 25.6. The van der Waals surface area contributed by atoms with Gasteiger partial charge in [-0.2, -0.15) is 4.98 Å². The molecule has 0 bridgehead atoms. The highest BCUT2D eigenvalue weighted by Gasteiger charge is 2.35. The fraction of sp³-hybridized carbons (Fsp3) is 0.833. The molecule has 1 N–H and O–H groups in total. The van der Waals surface area contributed by atoms with Crippen molar-refractivity contribution in [1.82, 2.24) is 15.2 Å². The Hall–Kier alpha value is -1.10. The van der Waals surface area contributed by atoms with E-state index in [0.29, 0.717) is 12.0 Å². The number of epoxide rings is 1. The molecule has 0 spiro atoms. The number of aromatic amines is 1. The average molecular weight is 236 g/mol. The quantitative estimate of drug-likeness (QED) is 0.809. The number of hydrogen-bond acceptors (Lipinski definition) is 4. The second-order valence-electron chi connectivity index (χ2n) is 5.37. The van der Waals surface area contributed by atoms with Crippen LogP contribution in [0.1, 0.15) is 38.4 Å². The second-order valence-corrected chi connectivity index (χ2v) is 5.37. The van der Waals surface area contributed by atoms with Gasteiger partial charge in [-0.1, -0.05) is 13.8 Å². The lowest BCUT2D eigenvalue weighted by molar-refractivity contribution is 0.287. The van der Waals surface area contributed by atoms with Gasteiger partial charge in [0, 0.05) is 19.0 Å². The van der Waals surface area contributed by atoms with E-state index >= 15 is 0 Å². The summed E-state index contributed by atoms with van der Waals surface area (Å²) < 4.78 is 5.37. The number of anilines is 1. The van der Waals surface area contributed by atoms with Gasteiger partial charge in [0.15, 0.2) is 0 Å². The minimum absolute atomic E-state index is 0.411. The summed E-state index contributed by atoms with van der Waals surface area (Å²) in [6, 6.07) is 0. The van der Waals surface area contributed by atoms with Crippen LogP contribution in [0.2, 0.25) is 0 Å². The fourth-order valence-electron chi connectivity index (χ4n) is 2.46. The van der Waals surface area contributed by atoms with Crippen LogP contribution in [0.5, 0.6) is 0 Å². The van der Waals surface area contributed by atoms with E-state index < -0.39 is 0 Å². The van der Waals surface area contributed by atoms with Gasteiger partial charge in [0.05, 0.1) is 12.7 Å². The monoisotopic (exact) mass is 236 g/mol. The molecule has 0 aromatic carbocycles. The van der Waals surface area contributed by atoms with Gasteiger partial charge in [0.2, 0.25) is 5.95 Å². The van der Waals surface area contributed by atoms with Crippen LogP contribution in [0, 0.1) is 5.92 Å². The summed E-state index contributed by atoms with van der Waals surface area (Å²) in [5.74, 6) is 3.01. The standard InChI is InChI=1S/C12H20N4O/c1-8(2)11-13-12(15-14-11)16-5-3-9(4-6-16)10-7-17-10/h8-10H,3-7H2,1-2H3,(H,13,14,15). The Bertz CT molecular complexity index is 378. The molecule has 1 aromatic heterocycles. The maximum absolute atomic E-state index is 5.37. The molecule has 0 aliphatic carbocycles. The Balaban J connectivity index is 1.61. The zero-order valence-electron chi connectivity index (χ0n) is 10.5. The number of nitrogens with one attached hydrogen (secondary N) is 1. The molecular weight excluding hydrogens is 216 g/mol. The number of nitrogens with zero attached hydrogens (tertiary/aromatic N) is 3. The second kappa shape index (κ2) is 4.29. The van der Waals surface area contributed by atoms with Crippen molar-refractivity contribution in [3.63, 3.8) is 0 Å². The summed E-state index contributed by atoms with van der Waals surface area (Å²) in [6.45, 7) is 7.34. The van der Waals surface area contributed by atoms with Gasteiger partial charge in [-0.05, 0) is 18.8 Å². The zero-order chi connectivity index (χ0) is 11.8. The molecule has 5 nitrogen and oxygen atoms in total. The van der Waals surface area contributed by atoms with Crippen molar-refractivity contribution in [2.24, 2.45) is 5.92 Å². The molecule has 3 heterocycles. The Morgan fingerprint density at radius 2 is 2.06 bits per heavy atom. The van der Waals surface area contributed by atoms with Crippen molar-refractivity contribution in [3.8, 4) is 0 Å². The molecule has 17 heavy (non-hydrogen) atoms. The Kier molecular flexibility index (Phi) is 2.78. The van der Waals surface area contributed by atoms with Gasteiger partial charge in [0.25, 0.3) is 0 Å². The summed E-state index contributed by atoms with van der Waals surface area (Å²) in [4.78, 5) is 6.83. The van der Waals surface area contributed by atoms with E-state index in [1.165, 1.54) is 12.8 Å². The van der Waals surface area contributed by atoms with Crippen LogP contribution < -0.4 is 4.90 Å². The summed E-state index contributed by atoms with van der Waals surface area (Å²) >= 11 is 0. The van der Waals surface area contributed by atoms with Gasteiger partial charge in [-0.25, -0.2) is 0 Å². The van der Waals surface area contributed by atoms with Crippen molar-refractivity contribution >= 4 is 5.95 Å². The first-order valence-corrected chi connectivity index (χ1v) is 6.53. The highest BCUT2D eigenvalue weighted by molar-refractivity contribution is 5.29. The van der Waals surface area contributed by atoms with Crippen LogP contribution >= 0.6 is 0 Å². The molecule has 3 rings (SSSR count). The van der Waals surface area contributed by atoms with Gasteiger partial charge in [-0.3, -0.25) is 5.10 Å². The van der Waals surface area contributed by atoms with Crippen LogP contribution in [0.3, 0.4) is 0 Å². The lowest BCUT2D eigenvalue weighted by Gasteiger charge is -2.30. The number of ether oxygens (including phenoxy) is 1. The largest absolute Gasteiger partial charge is 0.373 e. The Morgan fingerprint density at radius 1 is 1.35 bits per heavy atom. The van der Waals surface area contributed by atoms with Crippen LogP contribution in [-0.4, -0.2) is 41.0 Å². The lowest BCUT2D eigenvalue weighted by atomic mass is 9.94. The molecule has 1 unspecified atom stereocenters. The van der Waals surface area contributed by atoms with Gasteiger partial charge >= 0.3 is 0 Å². The predicted octanol–water partition coefficient (Wildman–Crippen LogP) is 1.54. The highest BCUT2D eigenvalue weighted by atomic mass is 16.6. The third-order valence-corrected chi connectivity index (χ3v) is 3.75. The summed E-state index contributed by atoms with van der Waals surface area (Å²) in [7, 11) is 0. The molecule has 0 radical (unpaired) electrons. The molecule has 0 amide bonds. The highest BCUT2D eigenvalue weighted by Crippen LogP contribution is 2.30. The van der Waals surface area contributed by atoms with Crippen molar-refractivity contribution in [3.05, 3.63) is 5.82 Å². The van der Waals surface area contributed by atoms with E-state index in [-0.39, 0.29) is 0 Å². The summed E-state index contributed by atoms with van der Waals surface area (Å²) in [6.07, 6.45) is 2.96. The fourth-order valence-corrected chi connectivity index (χ4v) is 2.46. The lowest BCUT2D eigenvalue weighted by Crippen LogP contribution is -2.36. The maximum Gasteiger partial charge on any atom is 0.244 e. The topological polar surface area (TPSA) is 57.3 Å². The first kappa shape index (κ1) is 11.0. The van der Waals surface area contributed by atoms with Crippen molar-refractivity contribution in [2.45, 2.75) is 38.7 Å². The Morgan fingerprint density at radius 3 is 2.59 bits per heavy atom. The molecular formula is C12H20N4O. The first-order valence-electron chi connectivity index (χ1n) is 6.53. The Labute approximate surface area is 102 Å². The van der Waals surface area contributed by atoms with E-state index in [0.717, 1.165) is 37.4 Å². The molecule has 5 heteroatoms. The minimum Gasteiger partial charge on any atom is -0.373 e. The molecule has 1 atom stereocenters. The number of aromatic nitrogens is 3. The minimum atomic E-state index is 0.411. The van der Waals surface area contributed by atoms with Crippen LogP contribution in [0.15, 0.2) is 0 Å². The third-order valence-electron chi connectivity index (χ3n) is 3.75. The van der Waals surface area contributed by atoms with Gasteiger partial charge in [-0.15, -0.1) is 5.10 Å². The number of piperidine rings is 1. The zero-order valence-corrected chi connectivity index (χ0v) is 10.5. The van der Waals surface area contributed by atoms with E-state index in [9.17, 15) is 0 Å². The van der Waals surface area contributed by atoms with E-state index in [4.69, 9.17) is 4.74 Å². The first-order chi connectivity index (χ1) is 8.24. The van der Waals surface area contributed by atoms with Crippen molar-refractivity contribution in [1.29, 1.82) is 0 Å². The summed E-state index contributed by atoms with van der Waals surface area (Å²) in [5, 5.41) is 7.33. The average Bonchev–Trinajstić information content (AvgIpc) is 3.06. The number of rotatable bonds is 3.